The molecule has 0 radical (unpaired) electrons. The van der Waals surface area contributed by atoms with Gasteiger partial charge in [0.2, 0.25) is 0 Å². The lowest BCUT2D eigenvalue weighted by atomic mass is 10.1. The van der Waals surface area contributed by atoms with Crippen LogP contribution in [0.25, 0.3) is 0 Å². The van der Waals surface area contributed by atoms with Crippen LogP contribution in [0, 0.1) is 11.3 Å². The molecule has 1 aromatic carbocycles. The molecule has 0 aromatic heterocycles. The molecule has 0 unspecified atom stereocenters. The van der Waals surface area contributed by atoms with E-state index in [0.717, 1.165) is 12.1 Å². The highest BCUT2D eigenvalue weighted by molar-refractivity contribution is 5.50. The zero-order chi connectivity index (χ0) is 10.1. The molecule has 0 aliphatic rings. The molecule has 0 spiro atoms. The second-order valence-electron chi connectivity index (χ2n) is 2.41. The van der Waals surface area contributed by atoms with Crippen molar-refractivity contribution in [1.29, 1.82) is 5.26 Å². The fourth-order valence-electron chi connectivity index (χ4n) is 0.894. The van der Waals surface area contributed by atoms with Gasteiger partial charge in [0.1, 0.15) is 0 Å². The third-order valence-corrected chi connectivity index (χ3v) is 1.47. The van der Waals surface area contributed by atoms with Crippen molar-refractivity contribution >= 4 is 5.69 Å². The molecule has 0 heterocycles. The topological polar surface area (TPSA) is 49.8 Å². The first-order chi connectivity index (χ1) is 5.95. The SMILES string of the molecule is Nc1ccc([13C]#[15N])c(C(F)(F)F)c1. The first kappa shape index (κ1) is 9.39. The van der Waals surface area contributed by atoms with Gasteiger partial charge in [-0.25, -0.2) is 0 Å². The number of nitriles is 1. The standard InChI is InChI=1S/C8H5F3N2/c9-8(10,11)7-3-6(13)2-1-5(7)4-12/h1-3H,13H2/i4+1,12+1. The predicted octanol–water partition coefficient (Wildman–Crippen LogP) is 2.16. The second-order valence-corrected chi connectivity index (χ2v) is 2.41. The van der Waals surface area contributed by atoms with Gasteiger partial charge in [0.25, 0.3) is 0 Å². The Morgan fingerprint density at radius 1 is 1.31 bits per heavy atom. The lowest BCUT2D eigenvalue weighted by molar-refractivity contribution is -0.137. The summed E-state index contributed by atoms with van der Waals surface area (Å²) in [6.45, 7) is 0. The van der Waals surface area contributed by atoms with Gasteiger partial charge in [-0.3, -0.25) is 0 Å². The Balaban J connectivity index is 3.35. The van der Waals surface area contributed by atoms with Gasteiger partial charge in [0.15, 0.2) is 0 Å². The molecular weight excluding hydrogens is 183 g/mol. The van der Waals surface area contributed by atoms with Gasteiger partial charge in [-0.1, -0.05) is 0 Å². The van der Waals surface area contributed by atoms with Crippen LogP contribution < -0.4 is 5.73 Å². The highest BCUT2D eigenvalue weighted by atomic mass is 19.4. The van der Waals surface area contributed by atoms with Crippen LogP contribution in [0.3, 0.4) is 0 Å². The number of hydrogen-bond donors (Lipinski definition) is 1. The van der Waals surface area contributed by atoms with Crippen molar-refractivity contribution in [3.63, 3.8) is 0 Å². The monoisotopic (exact) mass is 188 g/mol. The molecule has 0 amide bonds. The minimum Gasteiger partial charge on any atom is -0.399 e. The molecule has 0 atom stereocenters. The van der Waals surface area contributed by atoms with Crippen LogP contribution in [0.15, 0.2) is 18.2 Å². The second kappa shape index (κ2) is 2.98. The average molecular weight is 188 g/mol. The van der Waals surface area contributed by atoms with Crippen LogP contribution in [-0.4, -0.2) is 0 Å². The van der Waals surface area contributed by atoms with E-state index in [1.54, 1.807) is 0 Å². The van der Waals surface area contributed by atoms with Crippen molar-refractivity contribution in [1.82, 2.24) is 0 Å². The fourth-order valence-corrected chi connectivity index (χ4v) is 0.894. The number of nitrogen functional groups attached to an aromatic ring is 1. The Bertz CT molecular complexity index is 363. The predicted molar refractivity (Wildman–Crippen MR) is 40.6 cm³/mol. The Labute approximate surface area is 72.4 Å². The molecule has 0 fully saturated rings. The summed E-state index contributed by atoms with van der Waals surface area (Å²) in [7, 11) is 0. The summed E-state index contributed by atoms with van der Waals surface area (Å²) in [6.07, 6.45) is -4.53. The van der Waals surface area contributed by atoms with Gasteiger partial charge in [-0.2, -0.15) is 18.4 Å². The van der Waals surface area contributed by atoms with Gasteiger partial charge in [-0.05, 0) is 18.2 Å². The van der Waals surface area contributed by atoms with Crippen molar-refractivity contribution in [2.45, 2.75) is 6.18 Å². The summed E-state index contributed by atoms with van der Waals surface area (Å²) in [6, 6.07) is 4.51. The summed E-state index contributed by atoms with van der Waals surface area (Å²) in [4.78, 5) is 0. The number of benzene rings is 1. The first-order valence-electron chi connectivity index (χ1n) is 3.32. The molecule has 0 bridgehead atoms. The fraction of sp³-hybridized carbons (Fsp3) is 0.125. The van der Waals surface area contributed by atoms with E-state index in [9.17, 15) is 13.2 Å². The Morgan fingerprint density at radius 3 is 2.38 bits per heavy atom. The smallest absolute Gasteiger partial charge is 0.399 e. The van der Waals surface area contributed by atoms with Gasteiger partial charge < -0.3 is 5.73 Å². The van der Waals surface area contributed by atoms with E-state index in [0.29, 0.717) is 0 Å². The zero-order valence-corrected chi connectivity index (χ0v) is 6.39. The summed E-state index contributed by atoms with van der Waals surface area (Å²) >= 11 is 0. The van der Waals surface area contributed by atoms with Gasteiger partial charge in [-0.15, -0.1) is 0 Å². The van der Waals surface area contributed by atoms with Crippen LogP contribution >= 0.6 is 0 Å². The molecule has 0 saturated carbocycles. The molecule has 1 rings (SSSR count). The van der Waals surface area contributed by atoms with Crippen molar-refractivity contribution in [2.75, 3.05) is 5.73 Å². The number of nitrogens with two attached hydrogens (primary N) is 1. The molecule has 68 valence electrons. The molecule has 0 aliphatic carbocycles. The quantitative estimate of drug-likeness (QED) is 0.385. The third-order valence-electron chi connectivity index (χ3n) is 1.47. The van der Waals surface area contributed by atoms with E-state index >= 15 is 0 Å². The number of rotatable bonds is 0. The highest BCUT2D eigenvalue weighted by Gasteiger charge is 2.33. The maximum absolute atomic E-state index is 12.2. The number of nitrogens with zero attached hydrogens (tertiary/aromatic N) is 1. The normalized spacial score (nSPS) is 10.9. The maximum atomic E-state index is 12.2. The van der Waals surface area contributed by atoms with Crippen LogP contribution in [0.5, 0.6) is 0 Å². The lowest BCUT2D eigenvalue weighted by Crippen LogP contribution is -2.08. The van der Waals surface area contributed by atoms with E-state index in [1.165, 1.54) is 12.1 Å². The molecule has 1 aromatic rings. The lowest BCUT2D eigenvalue weighted by Gasteiger charge is -2.08. The van der Waals surface area contributed by atoms with E-state index in [2.05, 4.69) is 0 Å². The van der Waals surface area contributed by atoms with Crippen LogP contribution in [0.2, 0.25) is 0 Å². The van der Waals surface area contributed by atoms with Crippen molar-refractivity contribution in [3.05, 3.63) is 29.3 Å². The van der Waals surface area contributed by atoms with E-state index in [1.807, 2.05) is 0 Å². The summed E-state index contributed by atoms with van der Waals surface area (Å²) < 4.78 is 36.6. The molecular formula is C8H5F3N2. The molecule has 5 heteroatoms. The van der Waals surface area contributed by atoms with E-state index < -0.39 is 17.3 Å². The minimum atomic E-state index is -4.53. The number of hydrogen-bond acceptors (Lipinski definition) is 2. The Hall–Kier alpha value is -1.70. The van der Waals surface area contributed by atoms with Crippen molar-refractivity contribution < 1.29 is 13.2 Å². The van der Waals surface area contributed by atoms with Crippen LogP contribution in [0.4, 0.5) is 18.9 Å². The maximum Gasteiger partial charge on any atom is 0.417 e. The third kappa shape index (κ3) is 1.90. The van der Waals surface area contributed by atoms with Crippen LogP contribution in [0.1, 0.15) is 11.1 Å². The van der Waals surface area contributed by atoms with Gasteiger partial charge >= 0.3 is 6.18 Å². The number of anilines is 1. The van der Waals surface area contributed by atoms with Gasteiger partial charge in [0.05, 0.1) is 17.2 Å². The molecule has 2 N–H and O–H groups in total. The van der Waals surface area contributed by atoms with Crippen LogP contribution in [-0.2, 0) is 6.18 Å². The molecule has 2 nitrogen and oxygen atoms in total. The highest BCUT2D eigenvalue weighted by Crippen LogP contribution is 2.32. The van der Waals surface area contributed by atoms with Gasteiger partial charge in [0, 0.05) is 5.69 Å². The molecule has 0 saturated heterocycles. The Morgan fingerprint density at radius 2 is 1.92 bits per heavy atom. The summed E-state index contributed by atoms with van der Waals surface area (Å²) in [5.74, 6) is 0. The zero-order valence-electron chi connectivity index (χ0n) is 6.39. The average Bonchev–Trinajstić information content (AvgIpc) is 2.03. The van der Waals surface area contributed by atoms with Crippen molar-refractivity contribution in [2.24, 2.45) is 0 Å². The molecule has 13 heavy (non-hydrogen) atoms. The summed E-state index contributed by atoms with van der Waals surface area (Å²) in [5.41, 5.74) is 3.76. The van der Waals surface area contributed by atoms with Crippen molar-refractivity contribution in [3.8, 4) is 6.07 Å². The number of halogens is 3. The summed E-state index contributed by atoms with van der Waals surface area (Å²) in [5, 5.41) is 8.38. The van der Waals surface area contributed by atoms with E-state index in [4.69, 9.17) is 11.0 Å². The Kier molecular flexibility index (Phi) is 2.15. The first-order valence-corrected chi connectivity index (χ1v) is 3.32. The molecule has 0 aliphatic heterocycles. The minimum absolute atomic E-state index is 0.00803. The largest absolute Gasteiger partial charge is 0.417 e. The van der Waals surface area contributed by atoms with E-state index in [-0.39, 0.29) is 5.69 Å². The number of alkyl halides is 3.